The van der Waals surface area contributed by atoms with Gasteiger partial charge in [-0.05, 0) is 43.9 Å². The molecule has 35 heavy (non-hydrogen) atoms. The van der Waals surface area contributed by atoms with Crippen molar-refractivity contribution in [1.82, 2.24) is 4.98 Å². The van der Waals surface area contributed by atoms with Gasteiger partial charge in [-0.15, -0.1) is 0 Å². The summed E-state index contributed by atoms with van der Waals surface area (Å²) in [6.45, 7) is 2.50. The molecule has 0 spiro atoms. The number of aliphatic imine (C=N–C) groups is 1. The standard InChI is InChI=1S/C23H28N2O5.CH4O3S/c1-5-30-21-9-14-15-8-13(26)6-7-18(15)25-23(16(14)10-20(21)28-3)17-12-24-22(29-4)11-19(17)27-2;1-5(2,3)4/h9-13,15,18,26H,5-8H2,1-4H3;1H3,(H,2,3,4)/t13-,15-,18-;/m1./s1. The number of pyridine rings is 1. The van der Waals surface area contributed by atoms with Gasteiger partial charge in [-0.25, -0.2) is 4.98 Å². The summed E-state index contributed by atoms with van der Waals surface area (Å²) in [5.74, 6) is 2.62. The molecule has 2 aromatic rings. The zero-order valence-corrected chi connectivity index (χ0v) is 21.3. The summed E-state index contributed by atoms with van der Waals surface area (Å²) < 4.78 is 48.2. The van der Waals surface area contributed by atoms with Crippen LogP contribution in [0.5, 0.6) is 23.1 Å². The van der Waals surface area contributed by atoms with Gasteiger partial charge in [-0.2, -0.15) is 8.42 Å². The summed E-state index contributed by atoms with van der Waals surface area (Å²) in [4.78, 5) is 9.49. The third-order valence-corrected chi connectivity index (χ3v) is 5.90. The Morgan fingerprint density at radius 1 is 1.00 bits per heavy atom. The molecule has 1 fully saturated rings. The molecule has 1 saturated carbocycles. The summed E-state index contributed by atoms with van der Waals surface area (Å²) in [5, 5.41) is 10.3. The molecule has 2 aliphatic rings. The molecule has 0 unspecified atom stereocenters. The van der Waals surface area contributed by atoms with Crippen LogP contribution in [0.25, 0.3) is 0 Å². The highest BCUT2D eigenvalue weighted by Crippen LogP contribution is 2.45. The Bertz CT molecular complexity index is 1170. The van der Waals surface area contributed by atoms with E-state index < -0.39 is 10.1 Å². The molecule has 1 aromatic heterocycles. The number of aliphatic hydroxyl groups excluding tert-OH is 1. The Morgan fingerprint density at radius 2 is 1.69 bits per heavy atom. The number of ether oxygens (including phenoxy) is 4. The lowest BCUT2D eigenvalue weighted by molar-refractivity contribution is 0.111. The quantitative estimate of drug-likeness (QED) is 0.564. The predicted octanol–water partition coefficient (Wildman–Crippen LogP) is 2.86. The van der Waals surface area contributed by atoms with Gasteiger partial charge in [-0.3, -0.25) is 9.55 Å². The van der Waals surface area contributed by atoms with Crippen LogP contribution in [-0.2, 0) is 10.1 Å². The molecule has 192 valence electrons. The van der Waals surface area contributed by atoms with E-state index in [0.717, 1.165) is 35.2 Å². The molecule has 4 rings (SSSR count). The van der Waals surface area contributed by atoms with Crippen LogP contribution < -0.4 is 18.9 Å². The molecule has 2 heterocycles. The van der Waals surface area contributed by atoms with Crippen molar-refractivity contribution >= 4 is 15.8 Å². The smallest absolute Gasteiger partial charge is 0.261 e. The van der Waals surface area contributed by atoms with E-state index in [-0.39, 0.29) is 18.1 Å². The van der Waals surface area contributed by atoms with E-state index in [2.05, 4.69) is 4.98 Å². The average Bonchev–Trinajstić information content (AvgIpc) is 2.82. The van der Waals surface area contributed by atoms with E-state index in [1.807, 2.05) is 19.1 Å². The van der Waals surface area contributed by atoms with Crippen molar-refractivity contribution in [3.63, 3.8) is 0 Å². The number of rotatable bonds is 6. The number of hydrogen-bond acceptors (Lipinski definition) is 9. The predicted molar refractivity (Wildman–Crippen MR) is 131 cm³/mol. The molecule has 0 bridgehead atoms. The van der Waals surface area contributed by atoms with E-state index in [1.54, 1.807) is 33.6 Å². The fraction of sp³-hybridized carbons (Fsp3) is 0.500. The van der Waals surface area contributed by atoms with Gasteiger partial charge in [0.05, 0.1) is 57.6 Å². The lowest BCUT2D eigenvalue weighted by Gasteiger charge is -2.37. The first kappa shape index (κ1) is 26.7. The van der Waals surface area contributed by atoms with Gasteiger partial charge in [0.15, 0.2) is 11.5 Å². The molecular weight excluding hydrogens is 476 g/mol. The van der Waals surface area contributed by atoms with Gasteiger partial charge < -0.3 is 24.1 Å². The van der Waals surface area contributed by atoms with Crippen molar-refractivity contribution in [3.8, 4) is 23.1 Å². The highest BCUT2D eigenvalue weighted by atomic mass is 32.2. The molecule has 11 heteroatoms. The van der Waals surface area contributed by atoms with Gasteiger partial charge in [0, 0.05) is 23.7 Å². The first-order chi connectivity index (χ1) is 16.6. The van der Waals surface area contributed by atoms with Crippen LogP contribution in [0.1, 0.15) is 48.8 Å². The van der Waals surface area contributed by atoms with E-state index in [1.165, 1.54) is 0 Å². The van der Waals surface area contributed by atoms with Crippen molar-refractivity contribution in [2.24, 2.45) is 4.99 Å². The second-order valence-electron chi connectivity index (χ2n) is 8.30. The van der Waals surface area contributed by atoms with E-state index >= 15 is 0 Å². The lowest BCUT2D eigenvalue weighted by atomic mass is 9.74. The minimum atomic E-state index is -3.67. The van der Waals surface area contributed by atoms with Crippen LogP contribution in [0.4, 0.5) is 0 Å². The topological polar surface area (TPSA) is 137 Å². The van der Waals surface area contributed by atoms with Crippen LogP contribution in [0.3, 0.4) is 0 Å². The Labute approximate surface area is 205 Å². The van der Waals surface area contributed by atoms with E-state index in [0.29, 0.717) is 42.4 Å². The maximum absolute atomic E-state index is 10.3. The molecule has 1 aliphatic heterocycles. The van der Waals surface area contributed by atoms with Crippen LogP contribution >= 0.6 is 0 Å². The number of methoxy groups -OCH3 is 3. The Balaban J connectivity index is 0.000000623. The van der Waals surface area contributed by atoms with Crippen molar-refractivity contribution < 1.29 is 37.0 Å². The number of aromatic nitrogens is 1. The molecule has 1 aromatic carbocycles. The molecule has 0 saturated heterocycles. The normalized spacial score (nSPS) is 20.9. The highest BCUT2D eigenvalue weighted by molar-refractivity contribution is 7.85. The van der Waals surface area contributed by atoms with E-state index in [4.69, 9.17) is 28.5 Å². The molecule has 0 amide bonds. The summed E-state index contributed by atoms with van der Waals surface area (Å²) in [6.07, 6.45) is 4.40. The van der Waals surface area contributed by atoms with E-state index in [9.17, 15) is 13.5 Å². The Kier molecular flexibility index (Phi) is 8.57. The van der Waals surface area contributed by atoms with Gasteiger partial charge in [0.2, 0.25) is 5.88 Å². The first-order valence-electron chi connectivity index (χ1n) is 11.2. The number of hydrogen-bond donors (Lipinski definition) is 2. The SMILES string of the molecule is CCOc1cc2c(cc1OC)C(c1cnc(OC)cc1OC)=N[C@@H]1CC[C@@H](O)C[C@H]21.CS(=O)(=O)O. The van der Waals surface area contributed by atoms with Gasteiger partial charge in [-0.1, -0.05) is 0 Å². The molecule has 3 atom stereocenters. The zero-order valence-electron chi connectivity index (χ0n) is 20.5. The second-order valence-corrected chi connectivity index (χ2v) is 9.77. The highest BCUT2D eigenvalue weighted by Gasteiger charge is 2.38. The van der Waals surface area contributed by atoms with Gasteiger partial charge >= 0.3 is 0 Å². The average molecular weight is 509 g/mol. The van der Waals surface area contributed by atoms with Gasteiger partial charge in [0.1, 0.15) is 5.75 Å². The summed E-state index contributed by atoms with van der Waals surface area (Å²) in [6, 6.07) is 5.87. The largest absolute Gasteiger partial charge is 0.496 e. The fourth-order valence-electron chi connectivity index (χ4n) is 4.46. The molecule has 0 radical (unpaired) electrons. The third-order valence-electron chi connectivity index (χ3n) is 5.90. The van der Waals surface area contributed by atoms with Crippen LogP contribution in [0, 0.1) is 0 Å². The van der Waals surface area contributed by atoms with Gasteiger partial charge in [0.25, 0.3) is 10.1 Å². The van der Waals surface area contributed by atoms with Crippen molar-refractivity contribution in [2.45, 2.75) is 44.2 Å². The Morgan fingerprint density at radius 3 is 2.29 bits per heavy atom. The minimum Gasteiger partial charge on any atom is -0.496 e. The third kappa shape index (κ3) is 6.41. The number of fused-ring (bicyclic) bond motifs is 3. The summed E-state index contributed by atoms with van der Waals surface area (Å²) >= 11 is 0. The summed E-state index contributed by atoms with van der Waals surface area (Å²) in [5.41, 5.74) is 3.69. The first-order valence-corrected chi connectivity index (χ1v) is 13.1. The molecule has 1 aliphatic carbocycles. The number of aliphatic hydroxyl groups is 1. The summed E-state index contributed by atoms with van der Waals surface area (Å²) in [7, 11) is 1.17. The number of nitrogens with zero attached hydrogens (tertiary/aromatic N) is 2. The molecular formula is C24H32N2O8S. The van der Waals surface area contributed by atoms with Crippen LogP contribution in [0.15, 0.2) is 29.4 Å². The maximum atomic E-state index is 10.3. The second kappa shape index (κ2) is 11.2. The minimum absolute atomic E-state index is 0.0885. The number of benzene rings is 1. The van der Waals surface area contributed by atoms with Crippen molar-refractivity contribution in [1.29, 1.82) is 0 Å². The lowest BCUT2D eigenvalue weighted by Crippen LogP contribution is -2.34. The van der Waals surface area contributed by atoms with Crippen LogP contribution in [0.2, 0.25) is 0 Å². The fourth-order valence-corrected chi connectivity index (χ4v) is 4.46. The van der Waals surface area contributed by atoms with Crippen molar-refractivity contribution in [2.75, 3.05) is 34.2 Å². The zero-order chi connectivity index (χ0) is 25.8. The monoisotopic (exact) mass is 508 g/mol. The molecule has 2 N–H and O–H groups in total. The maximum Gasteiger partial charge on any atom is 0.261 e. The van der Waals surface area contributed by atoms with Crippen molar-refractivity contribution in [3.05, 3.63) is 41.1 Å². The van der Waals surface area contributed by atoms with Crippen LogP contribution in [-0.4, -0.2) is 75.1 Å². The Hall–Kier alpha value is -2.89. The molecule has 10 nitrogen and oxygen atoms in total.